The van der Waals surface area contributed by atoms with Gasteiger partial charge in [0.1, 0.15) is 17.7 Å². The maximum absolute atomic E-state index is 14.4. The van der Waals surface area contributed by atoms with Crippen molar-refractivity contribution in [2.24, 2.45) is 0 Å². The standard InChI is InChI=1S/C23H23FN2O/c1-3-4-18-5-7-19(8-6-18)9-11-21-12-10-20(15-22(21)24)16-26-14-13-25-23(26)17(2)27/h5-8,10,12-15,17,27H,3-4,16H2,1-2H3. The summed E-state index contributed by atoms with van der Waals surface area (Å²) in [5.41, 5.74) is 3.33. The minimum absolute atomic E-state index is 0.346. The Hall–Kier alpha value is -2.90. The van der Waals surface area contributed by atoms with Gasteiger partial charge in [-0.1, -0.05) is 43.4 Å². The molecule has 0 saturated heterocycles. The molecule has 0 radical (unpaired) electrons. The highest BCUT2D eigenvalue weighted by Crippen LogP contribution is 2.15. The minimum Gasteiger partial charge on any atom is -0.385 e. The highest BCUT2D eigenvalue weighted by molar-refractivity contribution is 5.44. The number of aliphatic hydroxyl groups excluding tert-OH is 1. The predicted molar refractivity (Wildman–Crippen MR) is 105 cm³/mol. The van der Waals surface area contributed by atoms with Crippen molar-refractivity contribution in [2.45, 2.75) is 39.3 Å². The van der Waals surface area contributed by atoms with Crippen LogP contribution < -0.4 is 0 Å². The summed E-state index contributed by atoms with van der Waals surface area (Å²) < 4.78 is 16.2. The first-order valence-corrected chi connectivity index (χ1v) is 9.15. The molecule has 1 unspecified atom stereocenters. The molecule has 0 spiro atoms. The molecular weight excluding hydrogens is 339 g/mol. The van der Waals surface area contributed by atoms with Gasteiger partial charge in [0, 0.05) is 24.5 Å². The third-order valence-electron chi connectivity index (χ3n) is 4.34. The summed E-state index contributed by atoms with van der Waals surface area (Å²) in [7, 11) is 0. The first-order chi connectivity index (χ1) is 13.1. The molecule has 2 aromatic carbocycles. The van der Waals surface area contributed by atoms with Crippen molar-refractivity contribution in [3.63, 3.8) is 0 Å². The molecule has 4 heteroatoms. The molecule has 0 aliphatic rings. The number of nitrogens with zero attached hydrogens (tertiary/aromatic N) is 2. The van der Waals surface area contributed by atoms with Crippen LogP contribution in [0, 0.1) is 17.7 Å². The van der Waals surface area contributed by atoms with Gasteiger partial charge in [0.2, 0.25) is 0 Å². The molecular formula is C23H23FN2O. The van der Waals surface area contributed by atoms with E-state index in [2.05, 4.69) is 35.9 Å². The van der Waals surface area contributed by atoms with Gasteiger partial charge in [-0.25, -0.2) is 9.37 Å². The zero-order chi connectivity index (χ0) is 19.2. The van der Waals surface area contributed by atoms with E-state index < -0.39 is 6.10 Å². The van der Waals surface area contributed by atoms with Crippen molar-refractivity contribution < 1.29 is 9.50 Å². The van der Waals surface area contributed by atoms with E-state index in [4.69, 9.17) is 0 Å². The van der Waals surface area contributed by atoms with Crippen molar-refractivity contribution in [1.29, 1.82) is 0 Å². The molecule has 0 amide bonds. The Kier molecular flexibility index (Phi) is 6.05. The monoisotopic (exact) mass is 362 g/mol. The smallest absolute Gasteiger partial charge is 0.139 e. The van der Waals surface area contributed by atoms with E-state index >= 15 is 0 Å². The maximum Gasteiger partial charge on any atom is 0.139 e. The van der Waals surface area contributed by atoms with Gasteiger partial charge in [-0.2, -0.15) is 0 Å². The highest BCUT2D eigenvalue weighted by Gasteiger charge is 2.10. The average Bonchev–Trinajstić information content (AvgIpc) is 3.11. The van der Waals surface area contributed by atoms with Gasteiger partial charge in [0.05, 0.1) is 5.56 Å². The molecule has 0 bridgehead atoms. The fraction of sp³-hybridized carbons (Fsp3) is 0.261. The molecule has 1 heterocycles. The van der Waals surface area contributed by atoms with E-state index in [-0.39, 0.29) is 5.82 Å². The average molecular weight is 362 g/mol. The molecule has 1 aromatic heterocycles. The third-order valence-corrected chi connectivity index (χ3v) is 4.34. The van der Waals surface area contributed by atoms with Crippen LogP contribution in [0.25, 0.3) is 0 Å². The van der Waals surface area contributed by atoms with E-state index in [1.807, 2.05) is 22.8 Å². The molecule has 0 saturated carbocycles. The van der Waals surface area contributed by atoms with Crippen molar-refractivity contribution in [3.8, 4) is 11.8 Å². The van der Waals surface area contributed by atoms with Crippen LogP contribution in [-0.4, -0.2) is 14.7 Å². The van der Waals surface area contributed by atoms with Crippen LogP contribution >= 0.6 is 0 Å². The summed E-state index contributed by atoms with van der Waals surface area (Å²) in [6.45, 7) is 4.26. The topological polar surface area (TPSA) is 38.0 Å². The normalized spacial score (nSPS) is 11.7. The second kappa shape index (κ2) is 8.66. The summed E-state index contributed by atoms with van der Waals surface area (Å²) in [6, 6.07) is 13.1. The Morgan fingerprint density at radius 2 is 1.85 bits per heavy atom. The zero-order valence-corrected chi connectivity index (χ0v) is 15.6. The van der Waals surface area contributed by atoms with Crippen LogP contribution in [0.2, 0.25) is 0 Å². The number of hydrogen-bond acceptors (Lipinski definition) is 2. The van der Waals surface area contributed by atoms with E-state index in [1.54, 1.807) is 25.4 Å². The molecule has 3 aromatic rings. The van der Waals surface area contributed by atoms with Crippen LogP contribution in [0.3, 0.4) is 0 Å². The summed E-state index contributed by atoms with van der Waals surface area (Å²) in [5.74, 6) is 6.15. The Balaban J connectivity index is 1.74. The summed E-state index contributed by atoms with van der Waals surface area (Å²) in [6.07, 6.45) is 4.90. The fourth-order valence-electron chi connectivity index (χ4n) is 2.96. The molecule has 0 aliphatic heterocycles. The Labute approximate surface area is 159 Å². The van der Waals surface area contributed by atoms with Crippen molar-refractivity contribution in [2.75, 3.05) is 0 Å². The predicted octanol–water partition coefficient (Wildman–Crippen LogP) is 4.48. The quantitative estimate of drug-likeness (QED) is 0.680. The molecule has 0 fully saturated rings. The van der Waals surface area contributed by atoms with Gasteiger partial charge in [-0.15, -0.1) is 0 Å². The third kappa shape index (κ3) is 4.84. The van der Waals surface area contributed by atoms with Gasteiger partial charge >= 0.3 is 0 Å². The number of hydrogen-bond donors (Lipinski definition) is 1. The van der Waals surface area contributed by atoms with Gasteiger partial charge < -0.3 is 9.67 Å². The second-order valence-corrected chi connectivity index (χ2v) is 6.60. The van der Waals surface area contributed by atoms with E-state index in [0.717, 1.165) is 24.0 Å². The van der Waals surface area contributed by atoms with Gasteiger partial charge in [0.25, 0.3) is 0 Å². The van der Waals surface area contributed by atoms with Crippen molar-refractivity contribution in [3.05, 3.63) is 88.8 Å². The molecule has 138 valence electrons. The lowest BCUT2D eigenvalue weighted by molar-refractivity contribution is 0.184. The summed E-state index contributed by atoms with van der Waals surface area (Å²) in [4.78, 5) is 4.13. The van der Waals surface area contributed by atoms with E-state index in [0.29, 0.717) is 17.9 Å². The summed E-state index contributed by atoms with van der Waals surface area (Å²) in [5, 5.41) is 9.72. The fourth-order valence-corrected chi connectivity index (χ4v) is 2.96. The van der Waals surface area contributed by atoms with E-state index in [9.17, 15) is 9.50 Å². The largest absolute Gasteiger partial charge is 0.385 e. The number of aromatic nitrogens is 2. The molecule has 27 heavy (non-hydrogen) atoms. The van der Waals surface area contributed by atoms with Gasteiger partial charge in [-0.3, -0.25) is 0 Å². The lowest BCUT2D eigenvalue weighted by Gasteiger charge is -2.10. The molecule has 1 atom stereocenters. The minimum atomic E-state index is -0.668. The Bertz CT molecular complexity index is 962. The van der Waals surface area contributed by atoms with E-state index in [1.165, 1.54) is 11.6 Å². The number of aryl methyl sites for hydroxylation is 1. The van der Waals surface area contributed by atoms with Crippen LogP contribution in [-0.2, 0) is 13.0 Å². The number of halogens is 1. The van der Waals surface area contributed by atoms with Crippen molar-refractivity contribution >= 4 is 0 Å². The lowest BCUT2D eigenvalue weighted by atomic mass is 10.1. The van der Waals surface area contributed by atoms with Crippen LogP contribution in [0.5, 0.6) is 0 Å². The SMILES string of the molecule is CCCc1ccc(C#Cc2ccc(Cn3ccnc3C(C)O)cc2F)cc1. The van der Waals surface area contributed by atoms with Crippen LogP contribution in [0.1, 0.15) is 54.5 Å². The molecule has 1 N–H and O–H groups in total. The maximum atomic E-state index is 14.4. The first kappa shape index (κ1) is 18.9. The van der Waals surface area contributed by atoms with Crippen molar-refractivity contribution in [1.82, 2.24) is 9.55 Å². The van der Waals surface area contributed by atoms with Gasteiger partial charge in [-0.05, 0) is 48.7 Å². The van der Waals surface area contributed by atoms with Gasteiger partial charge in [0.15, 0.2) is 0 Å². The first-order valence-electron chi connectivity index (χ1n) is 9.15. The molecule has 3 rings (SSSR count). The number of benzene rings is 2. The summed E-state index contributed by atoms with van der Waals surface area (Å²) >= 11 is 0. The highest BCUT2D eigenvalue weighted by atomic mass is 19.1. The Morgan fingerprint density at radius 1 is 1.11 bits per heavy atom. The lowest BCUT2D eigenvalue weighted by Crippen LogP contribution is -2.07. The molecule has 0 aliphatic carbocycles. The van der Waals surface area contributed by atoms with Crippen LogP contribution in [0.15, 0.2) is 54.9 Å². The Morgan fingerprint density at radius 3 is 2.52 bits per heavy atom. The van der Waals surface area contributed by atoms with Crippen LogP contribution in [0.4, 0.5) is 4.39 Å². The second-order valence-electron chi connectivity index (χ2n) is 6.60. The number of imidazole rings is 1. The number of aliphatic hydroxyl groups is 1. The molecule has 3 nitrogen and oxygen atoms in total. The zero-order valence-electron chi connectivity index (χ0n) is 15.6. The number of rotatable bonds is 5.